The van der Waals surface area contributed by atoms with Gasteiger partial charge in [0.2, 0.25) is 0 Å². The molecule has 0 aromatic heterocycles. The first kappa shape index (κ1) is 9.09. The van der Waals surface area contributed by atoms with Gasteiger partial charge in [0.25, 0.3) is 0 Å². The molecule has 0 bridgehead atoms. The fourth-order valence-electron chi connectivity index (χ4n) is 3.21. The zero-order valence-electron chi connectivity index (χ0n) is 8.18. The van der Waals surface area contributed by atoms with E-state index < -0.39 is 11.5 Å². The third-order valence-electron chi connectivity index (χ3n) is 3.97. The van der Waals surface area contributed by atoms with Gasteiger partial charge >= 0.3 is 5.97 Å². The van der Waals surface area contributed by atoms with E-state index in [0.29, 0.717) is 18.4 Å². The number of aldehydes is 1. The van der Waals surface area contributed by atoms with Crippen LogP contribution < -0.4 is 0 Å². The Morgan fingerprint density at radius 3 is 3.07 bits per heavy atom. The Kier molecular flexibility index (Phi) is 1.63. The Labute approximate surface area is 86.9 Å². The molecule has 1 N–H and O–H groups in total. The van der Waals surface area contributed by atoms with Gasteiger partial charge in [0.05, 0.1) is 0 Å². The maximum absolute atomic E-state index is 11.5. The van der Waals surface area contributed by atoms with Crippen molar-refractivity contribution in [3.63, 3.8) is 0 Å². The number of ether oxygens (including phenoxy) is 1. The quantitative estimate of drug-likeness (QED) is 0.494. The summed E-state index contributed by atoms with van der Waals surface area (Å²) in [4.78, 5) is 22.3. The highest BCUT2D eigenvalue weighted by Crippen LogP contribution is 2.53. The van der Waals surface area contributed by atoms with Gasteiger partial charge < -0.3 is 9.84 Å². The fraction of sp³-hybridized carbons (Fsp3) is 0.636. The highest BCUT2D eigenvalue weighted by Gasteiger charge is 2.64. The summed E-state index contributed by atoms with van der Waals surface area (Å²) in [6.45, 7) is 0. The summed E-state index contributed by atoms with van der Waals surface area (Å²) < 4.78 is 5.15. The third-order valence-corrected chi connectivity index (χ3v) is 3.97. The van der Waals surface area contributed by atoms with E-state index >= 15 is 0 Å². The number of hydrogen-bond acceptors (Lipinski definition) is 4. The van der Waals surface area contributed by atoms with Crippen LogP contribution in [0.4, 0.5) is 0 Å². The number of aliphatic hydroxyl groups is 1. The van der Waals surface area contributed by atoms with Crippen LogP contribution in [0, 0.1) is 11.8 Å². The van der Waals surface area contributed by atoms with Gasteiger partial charge in [-0.1, -0.05) is 6.08 Å². The van der Waals surface area contributed by atoms with Crippen LogP contribution in [0.5, 0.6) is 0 Å². The minimum absolute atomic E-state index is 0.00384. The third kappa shape index (κ3) is 0.951. The van der Waals surface area contributed by atoms with Crippen LogP contribution in [0.25, 0.3) is 0 Å². The normalized spacial score (nSPS) is 47.1. The summed E-state index contributed by atoms with van der Waals surface area (Å²) in [6.07, 6.45) is 4.11. The largest absolute Gasteiger partial charge is 0.459 e. The molecule has 1 saturated heterocycles. The zero-order valence-corrected chi connectivity index (χ0v) is 8.18. The van der Waals surface area contributed by atoms with Crippen molar-refractivity contribution in [2.45, 2.75) is 31.0 Å². The Morgan fingerprint density at radius 2 is 2.33 bits per heavy atom. The molecule has 0 aromatic carbocycles. The molecule has 1 aliphatic heterocycles. The lowest BCUT2D eigenvalue weighted by Crippen LogP contribution is -2.47. The van der Waals surface area contributed by atoms with Crippen molar-refractivity contribution in [1.29, 1.82) is 0 Å². The SMILES string of the molecule is O=CC1=CC2C(=O)O[C@@H]3CCC(C1)[C@]23O. The summed E-state index contributed by atoms with van der Waals surface area (Å²) in [5.41, 5.74) is -0.418. The maximum Gasteiger partial charge on any atom is 0.316 e. The molecule has 15 heavy (non-hydrogen) atoms. The molecule has 2 fully saturated rings. The Hall–Kier alpha value is -1.16. The lowest BCUT2D eigenvalue weighted by molar-refractivity contribution is -0.143. The van der Waals surface area contributed by atoms with E-state index in [9.17, 15) is 14.7 Å². The highest BCUT2D eigenvalue weighted by atomic mass is 16.6. The average Bonchev–Trinajstić information content (AvgIpc) is 2.67. The molecule has 4 atom stereocenters. The number of esters is 1. The lowest BCUT2D eigenvalue weighted by atomic mass is 9.72. The highest BCUT2D eigenvalue weighted by molar-refractivity contribution is 5.83. The second-order valence-electron chi connectivity index (χ2n) is 4.63. The molecule has 4 nitrogen and oxygen atoms in total. The van der Waals surface area contributed by atoms with Crippen LogP contribution in [-0.2, 0) is 14.3 Å². The van der Waals surface area contributed by atoms with Crippen molar-refractivity contribution in [3.05, 3.63) is 11.6 Å². The second-order valence-corrected chi connectivity index (χ2v) is 4.63. The van der Waals surface area contributed by atoms with Gasteiger partial charge in [0, 0.05) is 0 Å². The van der Waals surface area contributed by atoms with Gasteiger partial charge in [-0.3, -0.25) is 9.59 Å². The Balaban J connectivity index is 2.09. The average molecular weight is 208 g/mol. The van der Waals surface area contributed by atoms with Crippen LogP contribution in [0.3, 0.4) is 0 Å². The summed E-state index contributed by atoms with van der Waals surface area (Å²) in [5.74, 6) is -1.00. The van der Waals surface area contributed by atoms with Gasteiger partial charge in [-0.15, -0.1) is 0 Å². The Morgan fingerprint density at radius 1 is 1.53 bits per heavy atom. The Bertz CT molecular complexity index is 373. The van der Waals surface area contributed by atoms with E-state index in [1.807, 2.05) is 0 Å². The van der Waals surface area contributed by atoms with E-state index in [1.54, 1.807) is 6.08 Å². The molecular weight excluding hydrogens is 196 g/mol. The molecular formula is C11H12O4. The van der Waals surface area contributed by atoms with Crippen LogP contribution in [0.2, 0.25) is 0 Å². The molecule has 0 radical (unpaired) electrons. The van der Waals surface area contributed by atoms with Crippen LogP contribution in [-0.4, -0.2) is 29.1 Å². The van der Waals surface area contributed by atoms with Crippen LogP contribution in [0.1, 0.15) is 19.3 Å². The maximum atomic E-state index is 11.5. The van der Waals surface area contributed by atoms with E-state index in [0.717, 1.165) is 12.7 Å². The second kappa shape index (κ2) is 2.70. The molecule has 0 aromatic rings. The van der Waals surface area contributed by atoms with Gasteiger partial charge in [0.15, 0.2) is 0 Å². The van der Waals surface area contributed by atoms with Crippen molar-refractivity contribution < 1.29 is 19.4 Å². The minimum atomic E-state index is -1.04. The van der Waals surface area contributed by atoms with Crippen LogP contribution >= 0.6 is 0 Å². The first-order valence-electron chi connectivity index (χ1n) is 5.25. The van der Waals surface area contributed by atoms with Crippen LogP contribution in [0.15, 0.2) is 11.6 Å². The van der Waals surface area contributed by atoms with Gasteiger partial charge in [-0.25, -0.2) is 0 Å². The molecule has 1 heterocycles. The molecule has 3 rings (SSSR count). The van der Waals surface area contributed by atoms with Crippen molar-refractivity contribution in [2.75, 3.05) is 0 Å². The van der Waals surface area contributed by atoms with Crippen molar-refractivity contribution in [2.24, 2.45) is 11.8 Å². The first-order valence-corrected chi connectivity index (χ1v) is 5.25. The summed E-state index contributed by atoms with van der Waals surface area (Å²) >= 11 is 0. The standard InChI is InChI=1S/C11H12O4/c12-5-6-3-7-1-2-9-11(7,14)8(4-6)10(13)15-9/h4-5,7-9,14H,1-3H2/t7?,8?,9-,11+/m1/s1. The van der Waals surface area contributed by atoms with Gasteiger partial charge in [-0.05, 0) is 30.8 Å². The predicted octanol–water partition coefficient (Wildman–Crippen LogP) is 0.198. The van der Waals surface area contributed by atoms with E-state index in [-0.39, 0.29) is 18.0 Å². The molecule has 2 aliphatic carbocycles. The first-order chi connectivity index (χ1) is 7.16. The summed E-state index contributed by atoms with van der Waals surface area (Å²) in [6, 6.07) is 0. The summed E-state index contributed by atoms with van der Waals surface area (Å²) in [5, 5.41) is 10.5. The van der Waals surface area contributed by atoms with Crippen molar-refractivity contribution in [3.8, 4) is 0 Å². The predicted molar refractivity (Wildman–Crippen MR) is 49.8 cm³/mol. The number of allylic oxidation sites excluding steroid dienone is 1. The molecule has 3 aliphatic rings. The number of hydrogen-bond donors (Lipinski definition) is 1. The molecule has 0 amide bonds. The molecule has 1 saturated carbocycles. The molecule has 4 heteroatoms. The van der Waals surface area contributed by atoms with Gasteiger partial charge in [-0.2, -0.15) is 0 Å². The fourth-order valence-corrected chi connectivity index (χ4v) is 3.21. The number of carbonyl (C=O) groups excluding carboxylic acids is 2. The topological polar surface area (TPSA) is 63.6 Å². The lowest BCUT2D eigenvalue weighted by Gasteiger charge is -2.34. The van der Waals surface area contributed by atoms with Gasteiger partial charge in [0.1, 0.15) is 23.9 Å². The molecule has 2 unspecified atom stereocenters. The smallest absolute Gasteiger partial charge is 0.316 e. The van der Waals surface area contributed by atoms with E-state index in [1.165, 1.54) is 0 Å². The van der Waals surface area contributed by atoms with Crippen molar-refractivity contribution in [1.82, 2.24) is 0 Å². The number of rotatable bonds is 1. The summed E-state index contributed by atoms with van der Waals surface area (Å²) in [7, 11) is 0. The molecule has 0 spiro atoms. The number of carbonyl (C=O) groups is 2. The van der Waals surface area contributed by atoms with Crippen molar-refractivity contribution >= 4 is 12.3 Å². The monoisotopic (exact) mass is 208 g/mol. The minimum Gasteiger partial charge on any atom is -0.459 e. The van der Waals surface area contributed by atoms with E-state index in [2.05, 4.69) is 0 Å². The van der Waals surface area contributed by atoms with E-state index in [4.69, 9.17) is 4.74 Å². The zero-order chi connectivity index (χ0) is 10.6. The molecule has 80 valence electrons.